The lowest BCUT2D eigenvalue weighted by Gasteiger charge is -2.06. The zero-order valence-electron chi connectivity index (χ0n) is 8.55. The lowest BCUT2D eigenvalue weighted by molar-refractivity contribution is 0.0632. The summed E-state index contributed by atoms with van der Waals surface area (Å²) in [5, 5.41) is 3.89. The maximum atomic E-state index is 12.4. The number of halogens is 2. The molecule has 0 saturated heterocycles. The molecule has 0 spiro atoms. The highest BCUT2D eigenvalue weighted by molar-refractivity contribution is 5.11. The molecule has 7 heteroatoms. The Hall–Kier alpha value is -1.92. The van der Waals surface area contributed by atoms with Gasteiger partial charge in [0.05, 0.1) is 12.4 Å². The van der Waals surface area contributed by atoms with Gasteiger partial charge >= 0.3 is 6.55 Å². The first-order valence-electron chi connectivity index (χ1n) is 4.58. The number of aromatic nitrogens is 4. The third-order valence-electron chi connectivity index (χ3n) is 2.01. The Kier molecular flexibility index (Phi) is 2.84. The van der Waals surface area contributed by atoms with E-state index in [1.807, 2.05) is 0 Å². The van der Waals surface area contributed by atoms with Gasteiger partial charge in [0.2, 0.25) is 0 Å². The van der Waals surface area contributed by atoms with Crippen molar-refractivity contribution in [2.45, 2.75) is 13.2 Å². The third kappa shape index (κ3) is 2.18. The van der Waals surface area contributed by atoms with Crippen molar-refractivity contribution in [3.63, 3.8) is 0 Å². The molecule has 86 valence electrons. The van der Waals surface area contributed by atoms with E-state index in [1.54, 1.807) is 17.9 Å². The molecule has 0 atom stereocenters. The fourth-order valence-corrected chi connectivity index (χ4v) is 1.25. The number of aryl methyl sites for hydroxylation is 1. The molecule has 16 heavy (non-hydrogen) atoms. The molecule has 0 amide bonds. The molecule has 2 rings (SSSR count). The van der Waals surface area contributed by atoms with Gasteiger partial charge in [-0.05, 0) is 0 Å². The van der Waals surface area contributed by atoms with E-state index in [9.17, 15) is 8.78 Å². The molecule has 0 aliphatic heterocycles. The minimum atomic E-state index is -2.60. The third-order valence-corrected chi connectivity index (χ3v) is 2.01. The SMILES string of the molecule is Cn1cc(OCc2nccn2C(F)F)cn1. The summed E-state index contributed by atoms with van der Waals surface area (Å²) in [6, 6.07) is 0. The zero-order valence-corrected chi connectivity index (χ0v) is 8.55. The molecule has 2 heterocycles. The van der Waals surface area contributed by atoms with E-state index in [0.29, 0.717) is 5.75 Å². The molecule has 0 radical (unpaired) electrons. The van der Waals surface area contributed by atoms with Gasteiger partial charge in [-0.15, -0.1) is 0 Å². The average Bonchev–Trinajstić information content (AvgIpc) is 2.83. The summed E-state index contributed by atoms with van der Waals surface area (Å²) in [6.45, 7) is -2.61. The summed E-state index contributed by atoms with van der Waals surface area (Å²) < 4.78 is 32.5. The highest BCUT2D eigenvalue weighted by Gasteiger charge is 2.11. The lowest BCUT2D eigenvalue weighted by Crippen LogP contribution is -2.06. The average molecular weight is 228 g/mol. The van der Waals surface area contributed by atoms with Crippen molar-refractivity contribution in [1.82, 2.24) is 19.3 Å². The van der Waals surface area contributed by atoms with Crippen LogP contribution in [0.15, 0.2) is 24.8 Å². The minimum Gasteiger partial charge on any atom is -0.482 e. The standard InChI is InChI=1S/C9H10F2N4O/c1-14-5-7(4-13-14)16-6-8-12-2-3-15(8)9(10)11/h2-5,9H,6H2,1H3. The molecule has 5 nitrogen and oxygen atoms in total. The van der Waals surface area contributed by atoms with Gasteiger partial charge in [0.15, 0.2) is 11.6 Å². The van der Waals surface area contributed by atoms with E-state index in [4.69, 9.17) is 4.74 Å². The van der Waals surface area contributed by atoms with E-state index in [-0.39, 0.29) is 12.4 Å². The Morgan fingerprint density at radius 3 is 2.94 bits per heavy atom. The first-order chi connectivity index (χ1) is 7.66. The van der Waals surface area contributed by atoms with Crippen LogP contribution in [0.4, 0.5) is 8.78 Å². The van der Waals surface area contributed by atoms with E-state index in [1.165, 1.54) is 18.6 Å². The van der Waals surface area contributed by atoms with Crippen LogP contribution in [-0.4, -0.2) is 19.3 Å². The first-order valence-corrected chi connectivity index (χ1v) is 4.58. The van der Waals surface area contributed by atoms with E-state index in [2.05, 4.69) is 10.1 Å². The zero-order chi connectivity index (χ0) is 11.5. The van der Waals surface area contributed by atoms with Gasteiger partial charge in [0.25, 0.3) is 0 Å². The second-order valence-electron chi connectivity index (χ2n) is 3.17. The monoisotopic (exact) mass is 228 g/mol. The molecule has 0 aliphatic carbocycles. The Bertz CT molecular complexity index is 466. The quantitative estimate of drug-likeness (QED) is 0.798. The van der Waals surface area contributed by atoms with Gasteiger partial charge in [-0.1, -0.05) is 0 Å². The van der Waals surface area contributed by atoms with Crippen molar-refractivity contribution in [3.8, 4) is 5.75 Å². The number of rotatable bonds is 4. The van der Waals surface area contributed by atoms with Gasteiger partial charge in [-0.3, -0.25) is 9.25 Å². The number of ether oxygens (including phenoxy) is 1. The molecule has 0 unspecified atom stereocenters. The Labute approximate surface area is 90.3 Å². The number of alkyl halides is 2. The van der Waals surface area contributed by atoms with Crippen LogP contribution in [0.2, 0.25) is 0 Å². The molecule has 0 saturated carbocycles. The topological polar surface area (TPSA) is 44.9 Å². The fraction of sp³-hybridized carbons (Fsp3) is 0.333. The van der Waals surface area contributed by atoms with Gasteiger partial charge in [-0.25, -0.2) is 4.98 Å². The van der Waals surface area contributed by atoms with Crippen LogP contribution in [0, 0.1) is 0 Å². The summed E-state index contributed by atoms with van der Waals surface area (Å²) in [7, 11) is 1.74. The van der Waals surface area contributed by atoms with Crippen molar-refractivity contribution < 1.29 is 13.5 Å². The number of nitrogens with zero attached hydrogens (tertiary/aromatic N) is 4. The summed E-state index contributed by atoms with van der Waals surface area (Å²) in [5.41, 5.74) is 0. The molecule has 2 aromatic heterocycles. The van der Waals surface area contributed by atoms with E-state index >= 15 is 0 Å². The summed E-state index contributed by atoms with van der Waals surface area (Å²) in [4.78, 5) is 3.79. The van der Waals surface area contributed by atoms with Crippen LogP contribution < -0.4 is 4.74 Å². The Balaban J connectivity index is 2.02. The van der Waals surface area contributed by atoms with Crippen LogP contribution in [0.5, 0.6) is 5.75 Å². The van der Waals surface area contributed by atoms with Gasteiger partial charge in [0.1, 0.15) is 6.61 Å². The van der Waals surface area contributed by atoms with Gasteiger partial charge in [0, 0.05) is 19.4 Å². The smallest absolute Gasteiger partial charge is 0.320 e. The molecule has 0 aliphatic rings. The molecular weight excluding hydrogens is 218 g/mol. The number of hydrogen-bond acceptors (Lipinski definition) is 3. The second-order valence-corrected chi connectivity index (χ2v) is 3.17. The molecule has 0 aromatic carbocycles. The normalized spacial score (nSPS) is 11.0. The maximum absolute atomic E-state index is 12.4. The highest BCUT2D eigenvalue weighted by atomic mass is 19.3. The molecule has 0 fully saturated rings. The van der Waals surface area contributed by atoms with Crippen molar-refractivity contribution in [2.75, 3.05) is 0 Å². The largest absolute Gasteiger partial charge is 0.482 e. The van der Waals surface area contributed by atoms with E-state index < -0.39 is 6.55 Å². The predicted molar refractivity (Wildman–Crippen MR) is 51.0 cm³/mol. The molecule has 2 aromatic rings. The van der Waals surface area contributed by atoms with Gasteiger partial charge in [-0.2, -0.15) is 13.9 Å². The van der Waals surface area contributed by atoms with Crippen LogP contribution in [-0.2, 0) is 13.7 Å². The Morgan fingerprint density at radius 1 is 1.50 bits per heavy atom. The van der Waals surface area contributed by atoms with Crippen molar-refractivity contribution in [3.05, 3.63) is 30.6 Å². The number of imidazole rings is 1. The van der Waals surface area contributed by atoms with Crippen LogP contribution >= 0.6 is 0 Å². The molecule has 0 bridgehead atoms. The van der Waals surface area contributed by atoms with Crippen LogP contribution in [0.25, 0.3) is 0 Å². The number of hydrogen-bond donors (Lipinski definition) is 0. The fourth-order valence-electron chi connectivity index (χ4n) is 1.25. The maximum Gasteiger partial charge on any atom is 0.320 e. The summed E-state index contributed by atoms with van der Waals surface area (Å²) in [5.74, 6) is 0.699. The highest BCUT2D eigenvalue weighted by Crippen LogP contribution is 2.15. The van der Waals surface area contributed by atoms with Crippen molar-refractivity contribution >= 4 is 0 Å². The van der Waals surface area contributed by atoms with Crippen LogP contribution in [0.3, 0.4) is 0 Å². The first kappa shape index (κ1) is 10.6. The predicted octanol–water partition coefficient (Wildman–Crippen LogP) is 1.59. The lowest BCUT2D eigenvalue weighted by atomic mass is 10.6. The van der Waals surface area contributed by atoms with Gasteiger partial charge < -0.3 is 4.74 Å². The molecular formula is C9H10F2N4O. The second kappa shape index (κ2) is 4.30. The van der Waals surface area contributed by atoms with Crippen molar-refractivity contribution in [1.29, 1.82) is 0 Å². The van der Waals surface area contributed by atoms with Crippen LogP contribution in [0.1, 0.15) is 12.4 Å². The summed E-state index contributed by atoms with van der Waals surface area (Å²) >= 11 is 0. The minimum absolute atomic E-state index is 0.0109. The van der Waals surface area contributed by atoms with Crippen molar-refractivity contribution in [2.24, 2.45) is 7.05 Å². The van der Waals surface area contributed by atoms with E-state index in [0.717, 1.165) is 4.57 Å². The Morgan fingerprint density at radius 2 is 2.31 bits per heavy atom. The molecule has 0 N–H and O–H groups in total. The summed E-state index contributed by atoms with van der Waals surface area (Å²) in [6.07, 6.45) is 5.69.